The number of benzene rings is 2. The maximum absolute atomic E-state index is 2.67. The van der Waals surface area contributed by atoms with Crippen LogP contribution in [0, 0.1) is 66.2 Å². The van der Waals surface area contributed by atoms with Gasteiger partial charge in [-0.3, -0.25) is 0 Å². The van der Waals surface area contributed by atoms with Gasteiger partial charge in [0.1, 0.15) is 0 Å². The summed E-state index contributed by atoms with van der Waals surface area (Å²) in [5, 5.41) is 0. The lowest BCUT2D eigenvalue weighted by Gasteiger charge is -2.62. The molecule has 2 unspecified atom stereocenters. The molecule has 0 N–H and O–H groups in total. The Morgan fingerprint density at radius 2 is 0.472 bits per heavy atom. The summed E-state index contributed by atoms with van der Waals surface area (Å²) in [7, 11) is 0. The second kappa shape index (κ2) is 7.09. The molecular formula is C36H54. The second-order valence-corrected chi connectivity index (χ2v) is 15.2. The van der Waals surface area contributed by atoms with Crippen molar-refractivity contribution in [1.82, 2.24) is 0 Å². The van der Waals surface area contributed by atoms with Gasteiger partial charge in [0.15, 0.2) is 0 Å². The van der Waals surface area contributed by atoms with Crippen molar-refractivity contribution < 1.29 is 0 Å². The standard InChI is InChI=1S/C36H54/c1-19-21(3)25(7)29-27(23(19)5)31(9,10)33(13,14)35(29,17)36(18)30-26(8)22(4)20(2)24(6)28(30)32(11,12)34(36,15)16/h1-18H3. The van der Waals surface area contributed by atoms with Crippen molar-refractivity contribution >= 4 is 0 Å². The van der Waals surface area contributed by atoms with Gasteiger partial charge in [0.2, 0.25) is 0 Å². The first-order chi connectivity index (χ1) is 16.0. The van der Waals surface area contributed by atoms with Crippen molar-refractivity contribution in [3.63, 3.8) is 0 Å². The van der Waals surface area contributed by atoms with E-state index in [1.165, 1.54) is 44.5 Å². The number of hydrogen-bond donors (Lipinski definition) is 0. The molecule has 0 heteroatoms. The van der Waals surface area contributed by atoms with Gasteiger partial charge >= 0.3 is 0 Å². The van der Waals surface area contributed by atoms with Crippen LogP contribution < -0.4 is 0 Å². The summed E-state index contributed by atoms with van der Waals surface area (Å²) in [4.78, 5) is 0. The van der Waals surface area contributed by atoms with E-state index in [0.29, 0.717) is 0 Å². The predicted octanol–water partition coefficient (Wildman–Crippen LogP) is 10.0. The second-order valence-electron chi connectivity index (χ2n) is 15.2. The highest BCUT2D eigenvalue weighted by Gasteiger charge is 2.74. The average molecular weight is 487 g/mol. The number of fused-ring (bicyclic) bond motifs is 2. The van der Waals surface area contributed by atoms with Gasteiger partial charge in [0, 0.05) is 10.8 Å². The molecule has 0 nitrogen and oxygen atoms in total. The Morgan fingerprint density at radius 1 is 0.278 bits per heavy atom. The van der Waals surface area contributed by atoms with E-state index in [1.54, 1.807) is 22.3 Å². The lowest BCUT2D eigenvalue weighted by atomic mass is 9.41. The predicted molar refractivity (Wildman–Crippen MR) is 159 cm³/mol. The minimum absolute atomic E-state index is 0.0426. The summed E-state index contributed by atoms with van der Waals surface area (Å²) in [6, 6.07) is 0. The van der Waals surface area contributed by atoms with Gasteiger partial charge in [0.25, 0.3) is 0 Å². The molecule has 0 saturated carbocycles. The number of hydrogen-bond acceptors (Lipinski definition) is 0. The normalized spacial score (nSPS) is 28.8. The van der Waals surface area contributed by atoms with Gasteiger partial charge < -0.3 is 0 Å². The molecule has 0 bridgehead atoms. The highest BCUT2D eigenvalue weighted by atomic mass is 14.8. The topological polar surface area (TPSA) is 0 Å². The first-order valence-electron chi connectivity index (χ1n) is 14.2. The quantitative estimate of drug-likeness (QED) is 0.376. The van der Waals surface area contributed by atoms with Crippen molar-refractivity contribution in [3.05, 3.63) is 66.8 Å². The zero-order valence-corrected chi connectivity index (χ0v) is 27.0. The largest absolute Gasteiger partial charge is 0.0582 e. The average Bonchev–Trinajstić information content (AvgIpc) is 2.99. The first-order valence-corrected chi connectivity index (χ1v) is 14.2. The Bertz CT molecular complexity index is 1220. The maximum atomic E-state index is 2.67. The summed E-state index contributed by atoms with van der Waals surface area (Å²) < 4.78 is 0. The molecule has 0 saturated heterocycles. The number of rotatable bonds is 1. The van der Waals surface area contributed by atoms with E-state index >= 15 is 0 Å². The van der Waals surface area contributed by atoms with Crippen LogP contribution in [0.2, 0.25) is 0 Å². The molecule has 0 spiro atoms. The highest BCUT2D eigenvalue weighted by molar-refractivity contribution is 5.69. The molecule has 2 aromatic carbocycles. The van der Waals surface area contributed by atoms with E-state index in [0.717, 1.165) is 0 Å². The molecule has 36 heavy (non-hydrogen) atoms. The lowest BCUT2D eigenvalue weighted by molar-refractivity contribution is -0.0309. The van der Waals surface area contributed by atoms with Gasteiger partial charge in [-0.1, -0.05) is 69.2 Å². The van der Waals surface area contributed by atoms with Crippen LogP contribution in [0.1, 0.15) is 136 Å². The van der Waals surface area contributed by atoms with Gasteiger partial charge in [-0.25, -0.2) is 0 Å². The van der Waals surface area contributed by atoms with E-state index in [-0.39, 0.29) is 32.5 Å². The molecule has 2 aliphatic carbocycles. The van der Waals surface area contributed by atoms with Crippen LogP contribution in [0.15, 0.2) is 0 Å². The zero-order valence-electron chi connectivity index (χ0n) is 27.0. The fraction of sp³-hybridized carbons (Fsp3) is 0.667. The van der Waals surface area contributed by atoms with Crippen LogP contribution in [-0.2, 0) is 21.7 Å². The van der Waals surface area contributed by atoms with Gasteiger partial charge in [0.05, 0.1) is 0 Å². The molecule has 0 fully saturated rings. The third-order valence-electron chi connectivity index (χ3n) is 14.2. The third kappa shape index (κ3) is 2.41. The summed E-state index contributed by atoms with van der Waals surface area (Å²) in [5.74, 6) is 0. The summed E-state index contributed by atoms with van der Waals surface area (Å²) in [6.45, 7) is 44.9. The highest BCUT2D eigenvalue weighted by Crippen LogP contribution is 2.77. The van der Waals surface area contributed by atoms with E-state index in [2.05, 4.69) is 125 Å². The Labute approximate surface area is 223 Å². The Balaban J connectivity index is 2.35. The van der Waals surface area contributed by atoms with E-state index in [4.69, 9.17) is 0 Å². The fourth-order valence-electron chi connectivity index (χ4n) is 9.69. The van der Waals surface area contributed by atoms with Crippen molar-refractivity contribution in [2.24, 2.45) is 10.8 Å². The van der Waals surface area contributed by atoms with Crippen molar-refractivity contribution in [2.45, 2.75) is 146 Å². The van der Waals surface area contributed by atoms with E-state index in [9.17, 15) is 0 Å². The lowest BCUT2D eigenvalue weighted by Crippen LogP contribution is -2.62. The first kappa shape index (κ1) is 27.5. The van der Waals surface area contributed by atoms with Crippen LogP contribution in [0.4, 0.5) is 0 Å². The molecule has 2 aromatic rings. The van der Waals surface area contributed by atoms with Crippen LogP contribution >= 0.6 is 0 Å². The molecule has 0 aromatic heterocycles. The van der Waals surface area contributed by atoms with Crippen LogP contribution in [0.5, 0.6) is 0 Å². The Kier molecular flexibility index (Phi) is 5.41. The third-order valence-corrected chi connectivity index (χ3v) is 14.2. The SMILES string of the molecule is Cc1c(C)c(C)c2c(c1C)C(C)(C)C(C)(C)C2(C)C1(C)c2c(C)c(C)c(C)c(C)c2C(C)(C)C1(C)C. The van der Waals surface area contributed by atoms with Crippen LogP contribution in [0.3, 0.4) is 0 Å². The summed E-state index contributed by atoms with van der Waals surface area (Å²) in [5.41, 5.74) is 18.6. The summed E-state index contributed by atoms with van der Waals surface area (Å²) >= 11 is 0. The van der Waals surface area contributed by atoms with Gasteiger partial charge in [-0.05, 0) is 144 Å². The Morgan fingerprint density at radius 3 is 0.694 bits per heavy atom. The maximum Gasteiger partial charge on any atom is 0.00896 e. The minimum atomic E-state index is -0.0585. The molecule has 2 aliphatic rings. The van der Waals surface area contributed by atoms with Gasteiger partial charge in [-0.15, -0.1) is 0 Å². The van der Waals surface area contributed by atoms with Crippen LogP contribution in [-0.4, -0.2) is 0 Å². The molecule has 0 aliphatic heterocycles. The minimum Gasteiger partial charge on any atom is -0.0582 e. The Hall–Kier alpha value is -1.56. The molecule has 4 rings (SSSR count). The fourth-order valence-corrected chi connectivity index (χ4v) is 9.69. The zero-order chi connectivity index (χ0) is 27.9. The van der Waals surface area contributed by atoms with Crippen molar-refractivity contribution in [2.75, 3.05) is 0 Å². The smallest absolute Gasteiger partial charge is 0.00896 e. The summed E-state index contributed by atoms with van der Waals surface area (Å²) in [6.07, 6.45) is 0. The molecule has 0 heterocycles. The van der Waals surface area contributed by atoms with E-state index in [1.807, 2.05) is 0 Å². The van der Waals surface area contributed by atoms with Crippen LogP contribution in [0.25, 0.3) is 0 Å². The molecule has 198 valence electrons. The van der Waals surface area contributed by atoms with Crippen molar-refractivity contribution in [3.8, 4) is 0 Å². The molecular weight excluding hydrogens is 432 g/mol. The van der Waals surface area contributed by atoms with Crippen molar-refractivity contribution in [1.29, 1.82) is 0 Å². The molecule has 0 amide bonds. The van der Waals surface area contributed by atoms with Gasteiger partial charge in [-0.2, -0.15) is 0 Å². The monoisotopic (exact) mass is 486 g/mol. The molecule has 2 atom stereocenters. The molecule has 0 radical (unpaired) electrons. The van der Waals surface area contributed by atoms with E-state index < -0.39 is 0 Å².